The molecule has 0 bridgehead atoms. The third kappa shape index (κ3) is 7.95. The number of carbonyl (C=O) groups is 3. The first-order valence-electron chi connectivity index (χ1n) is 12.0. The molecule has 0 spiro atoms. The zero-order valence-electron chi connectivity index (χ0n) is 21.7. The van der Waals surface area contributed by atoms with Gasteiger partial charge >= 0.3 is 0 Å². The van der Waals surface area contributed by atoms with E-state index >= 15 is 0 Å². The summed E-state index contributed by atoms with van der Waals surface area (Å²) < 4.78 is 10.7. The van der Waals surface area contributed by atoms with E-state index in [4.69, 9.17) is 9.47 Å². The fraction of sp³-hybridized carbons (Fsp3) is 0.103. The molecule has 0 aliphatic heterocycles. The van der Waals surface area contributed by atoms with Crippen molar-refractivity contribution in [2.24, 2.45) is 0 Å². The lowest BCUT2D eigenvalue weighted by Crippen LogP contribution is -2.30. The fourth-order valence-electron chi connectivity index (χ4n) is 3.50. The van der Waals surface area contributed by atoms with Crippen LogP contribution in [0.2, 0.25) is 0 Å². The third-order valence-electron chi connectivity index (χ3n) is 5.39. The highest BCUT2D eigenvalue weighted by molar-refractivity contribution is 8.00. The minimum Gasteiger partial charge on any atom is -0.493 e. The van der Waals surface area contributed by atoms with E-state index in [1.807, 2.05) is 6.07 Å². The maximum absolute atomic E-state index is 13.4. The zero-order chi connectivity index (χ0) is 28.3. The molecule has 0 saturated heterocycles. The topological polar surface area (TPSA) is 119 Å². The smallest absolute Gasteiger partial charge is 0.272 e. The molecular formula is C29H26N4O5S2. The highest BCUT2D eigenvalue weighted by atomic mass is 32.2. The van der Waals surface area contributed by atoms with Gasteiger partial charge in [-0.15, -0.1) is 23.1 Å². The lowest BCUT2D eigenvalue weighted by molar-refractivity contribution is -0.114. The van der Waals surface area contributed by atoms with Crippen molar-refractivity contribution in [1.82, 2.24) is 10.3 Å². The van der Waals surface area contributed by atoms with E-state index in [2.05, 4.69) is 20.9 Å². The standard InChI is InChI=1S/C29H26N4O5S2/c1-37-24-12-11-19(16-25(24)38-2)15-23(32-27(35)20-7-4-3-5-8-20)28(36)31-21-9-6-10-22(17-21)40-18-26(34)33-29-30-13-14-39-29/h3-17H,18H2,1-2H3,(H,31,36)(H,32,35)(H,30,33,34)/b23-15+. The SMILES string of the molecule is COc1ccc(/C=C(/NC(=O)c2ccccc2)C(=O)Nc2cccc(SCC(=O)Nc3nccs3)c2)cc1OC. The van der Waals surface area contributed by atoms with E-state index in [0.29, 0.717) is 33.4 Å². The molecule has 3 aromatic carbocycles. The molecule has 0 unspecified atom stereocenters. The van der Waals surface area contributed by atoms with Gasteiger partial charge in [0.1, 0.15) is 5.70 Å². The van der Waals surface area contributed by atoms with Crippen LogP contribution in [0.15, 0.2) is 95.0 Å². The number of carbonyl (C=O) groups excluding carboxylic acids is 3. The van der Waals surface area contributed by atoms with Gasteiger partial charge in [-0.1, -0.05) is 30.3 Å². The molecule has 1 heterocycles. The second-order valence-electron chi connectivity index (χ2n) is 8.15. The maximum atomic E-state index is 13.4. The molecule has 1 aromatic heterocycles. The summed E-state index contributed by atoms with van der Waals surface area (Å²) in [5.41, 5.74) is 1.55. The summed E-state index contributed by atoms with van der Waals surface area (Å²) in [7, 11) is 3.05. The monoisotopic (exact) mass is 574 g/mol. The molecule has 0 radical (unpaired) electrons. The number of aromatic nitrogens is 1. The Labute approximate surface area is 239 Å². The van der Waals surface area contributed by atoms with Gasteiger partial charge in [-0.2, -0.15) is 0 Å². The van der Waals surface area contributed by atoms with Crippen molar-refractivity contribution >= 4 is 57.7 Å². The van der Waals surface area contributed by atoms with Crippen LogP contribution in [0, 0.1) is 0 Å². The van der Waals surface area contributed by atoms with Crippen LogP contribution < -0.4 is 25.4 Å². The molecular weight excluding hydrogens is 548 g/mol. The van der Waals surface area contributed by atoms with E-state index in [0.717, 1.165) is 4.90 Å². The number of benzene rings is 3. The molecule has 3 amide bonds. The molecule has 9 nitrogen and oxygen atoms in total. The van der Waals surface area contributed by atoms with Crippen LogP contribution in [0.1, 0.15) is 15.9 Å². The van der Waals surface area contributed by atoms with E-state index in [-0.39, 0.29) is 17.4 Å². The molecule has 3 N–H and O–H groups in total. The quantitative estimate of drug-likeness (QED) is 0.164. The lowest BCUT2D eigenvalue weighted by atomic mass is 10.1. The first-order chi connectivity index (χ1) is 19.4. The van der Waals surface area contributed by atoms with E-state index in [1.54, 1.807) is 84.4 Å². The van der Waals surface area contributed by atoms with Crippen LogP contribution in [-0.4, -0.2) is 42.7 Å². The normalized spacial score (nSPS) is 10.9. The van der Waals surface area contributed by atoms with Gasteiger partial charge in [0, 0.05) is 27.7 Å². The van der Waals surface area contributed by atoms with Crippen LogP contribution in [0.4, 0.5) is 10.8 Å². The predicted molar refractivity (Wildman–Crippen MR) is 158 cm³/mol. The Kier molecular flexibility index (Phi) is 9.92. The van der Waals surface area contributed by atoms with Crippen LogP contribution in [0.3, 0.4) is 0 Å². The summed E-state index contributed by atoms with van der Waals surface area (Å²) in [6.45, 7) is 0. The summed E-state index contributed by atoms with van der Waals surface area (Å²) >= 11 is 2.67. The van der Waals surface area contributed by atoms with Crippen LogP contribution in [0.25, 0.3) is 6.08 Å². The number of ether oxygens (including phenoxy) is 2. The molecule has 40 heavy (non-hydrogen) atoms. The van der Waals surface area contributed by atoms with Gasteiger partial charge in [0.15, 0.2) is 16.6 Å². The van der Waals surface area contributed by atoms with Crippen molar-refractivity contribution in [2.45, 2.75) is 4.90 Å². The summed E-state index contributed by atoms with van der Waals surface area (Å²) in [5, 5.41) is 10.6. The second kappa shape index (κ2) is 14.0. The molecule has 4 aromatic rings. The predicted octanol–water partition coefficient (Wildman–Crippen LogP) is 5.30. The maximum Gasteiger partial charge on any atom is 0.272 e. The Morgan fingerprint density at radius 3 is 2.45 bits per heavy atom. The molecule has 11 heteroatoms. The lowest BCUT2D eigenvalue weighted by Gasteiger charge is -2.13. The first kappa shape index (κ1) is 28.4. The number of methoxy groups -OCH3 is 2. The third-order valence-corrected chi connectivity index (χ3v) is 7.07. The zero-order valence-corrected chi connectivity index (χ0v) is 23.3. The number of nitrogens with one attached hydrogen (secondary N) is 3. The number of nitrogens with zero attached hydrogens (tertiary/aromatic N) is 1. The van der Waals surface area contributed by atoms with Gasteiger partial charge in [-0.3, -0.25) is 14.4 Å². The first-order valence-corrected chi connectivity index (χ1v) is 13.9. The van der Waals surface area contributed by atoms with Crippen molar-refractivity contribution in [3.05, 3.63) is 101 Å². The Balaban J connectivity index is 1.51. The highest BCUT2D eigenvalue weighted by Crippen LogP contribution is 2.28. The summed E-state index contributed by atoms with van der Waals surface area (Å²) in [5.74, 6) is 0.0516. The molecule has 0 atom stereocenters. The Morgan fingerprint density at radius 2 is 1.73 bits per heavy atom. The number of hydrogen-bond acceptors (Lipinski definition) is 8. The van der Waals surface area contributed by atoms with Crippen molar-refractivity contribution in [3.8, 4) is 11.5 Å². The molecule has 0 saturated carbocycles. The number of thioether (sulfide) groups is 1. The number of rotatable bonds is 11. The van der Waals surface area contributed by atoms with E-state index < -0.39 is 11.8 Å². The summed E-state index contributed by atoms with van der Waals surface area (Å²) in [4.78, 5) is 43.4. The highest BCUT2D eigenvalue weighted by Gasteiger charge is 2.16. The van der Waals surface area contributed by atoms with Gasteiger partial charge in [-0.05, 0) is 54.1 Å². The average Bonchev–Trinajstić information content (AvgIpc) is 3.49. The number of amides is 3. The van der Waals surface area contributed by atoms with Crippen molar-refractivity contribution in [3.63, 3.8) is 0 Å². The van der Waals surface area contributed by atoms with E-state index in [9.17, 15) is 14.4 Å². The number of thiazole rings is 1. The van der Waals surface area contributed by atoms with Gasteiger partial charge in [0.2, 0.25) is 5.91 Å². The summed E-state index contributed by atoms with van der Waals surface area (Å²) in [6.07, 6.45) is 3.18. The van der Waals surface area contributed by atoms with Crippen molar-refractivity contribution < 1.29 is 23.9 Å². The fourth-order valence-corrected chi connectivity index (χ4v) is 4.80. The number of hydrogen-bond donors (Lipinski definition) is 3. The number of anilines is 2. The van der Waals surface area contributed by atoms with Crippen LogP contribution in [0.5, 0.6) is 11.5 Å². The molecule has 0 aliphatic rings. The Bertz CT molecular complexity index is 1510. The summed E-state index contributed by atoms with van der Waals surface area (Å²) in [6, 6.07) is 20.9. The van der Waals surface area contributed by atoms with Gasteiger partial charge in [0.05, 0.1) is 20.0 Å². The van der Waals surface area contributed by atoms with Crippen LogP contribution in [-0.2, 0) is 9.59 Å². The Hall–Kier alpha value is -4.61. The van der Waals surface area contributed by atoms with Crippen molar-refractivity contribution in [1.29, 1.82) is 0 Å². The van der Waals surface area contributed by atoms with Gasteiger partial charge < -0.3 is 25.4 Å². The minimum atomic E-state index is -0.525. The van der Waals surface area contributed by atoms with E-state index in [1.165, 1.54) is 37.3 Å². The molecule has 204 valence electrons. The van der Waals surface area contributed by atoms with Gasteiger partial charge in [-0.25, -0.2) is 4.98 Å². The second-order valence-corrected chi connectivity index (χ2v) is 10.1. The average molecular weight is 575 g/mol. The largest absolute Gasteiger partial charge is 0.493 e. The Morgan fingerprint density at radius 1 is 0.925 bits per heavy atom. The van der Waals surface area contributed by atoms with Crippen LogP contribution >= 0.6 is 23.1 Å². The molecule has 4 rings (SSSR count). The minimum absolute atomic E-state index is 0.0296. The van der Waals surface area contributed by atoms with Crippen molar-refractivity contribution in [2.75, 3.05) is 30.6 Å². The molecule has 0 aliphatic carbocycles. The molecule has 0 fully saturated rings. The van der Waals surface area contributed by atoms with Gasteiger partial charge in [0.25, 0.3) is 11.8 Å².